The topological polar surface area (TPSA) is 46.2 Å². The second kappa shape index (κ2) is 4.67. The van der Waals surface area contributed by atoms with Crippen LogP contribution in [0.15, 0.2) is 24.3 Å². The summed E-state index contributed by atoms with van der Waals surface area (Å²) in [4.78, 5) is 0. The first-order chi connectivity index (χ1) is 8.77. The molecule has 1 saturated carbocycles. The lowest BCUT2D eigenvalue weighted by atomic mass is 9.91. The van der Waals surface area contributed by atoms with Crippen molar-refractivity contribution in [2.45, 2.75) is 38.2 Å². The van der Waals surface area contributed by atoms with Gasteiger partial charge in [0.05, 0.1) is 6.10 Å². The third kappa shape index (κ3) is 1.79. The Kier molecular flexibility index (Phi) is 3.16. The number of rotatable bonds is 4. The van der Waals surface area contributed by atoms with Gasteiger partial charge in [-0.1, -0.05) is 31.2 Å². The van der Waals surface area contributed by atoms with Gasteiger partial charge in [0.1, 0.15) is 0 Å². The molecule has 0 spiro atoms. The van der Waals surface area contributed by atoms with Crippen molar-refractivity contribution in [3.05, 3.63) is 35.4 Å². The lowest BCUT2D eigenvalue weighted by molar-refractivity contribution is 0.0812. The number of aryl methyl sites for hydroxylation is 1. The molecule has 0 bridgehead atoms. The highest BCUT2D eigenvalue weighted by atomic mass is 16.3. The monoisotopic (exact) mass is 245 g/mol. The molecule has 0 heterocycles. The molecule has 2 nitrogen and oxygen atoms in total. The molecule has 3 N–H and O–H groups in total. The summed E-state index contributed by atoms with van der Waals surface area (Å²) in [6, 6.07) is 8.75. The molecule has 0 aliphatic heterocycles. The quantitative estimate of drug-likeness (QED) is 0.855. The van der Waals surface area contributed by atoms with Crippen molar-refractivity contribution >= 4 is 0 Å². The molecule has 0 amide bonds. The molecule has 18 heavy (non-hydrogen) atoms. The smallest absolute Gasteiger partial charge is 0.0617 e. The maximum Gasteiger partial charge on any atom is 0.0617 e. The SMILES string of the molecule is CCC(CN)C(O)C1C2CCc3ccccc3C21. The zero-order valence-corrected chi connectivity index (χ0v) is 11.0. The summed E-state index contributed by atoms with van der Waals surface area (Å²) in [5, 5.41) is 10.5. The van der Waals surface area contributed by atoms with Gasteiger partial charge in [-0.3, -0.25) is 0 Å². The van der Waals surface area contributed by atoms with Crippen LogP contribution in [0.1, 0.15) is 36.8 Å². The van der Waals surface area contributed by atoms with Gasteiger partial charge in [0, 0.05) is 0 Å². The minimum Gasteiger partial charge on any atom is -0.392 e. The average molecular weight is 245 g/mol. The number of hydrogen-bond donors (Lipinski definition) is 2. The van der Waals surface area contributed by atoms with Gasteiger partial charge in [0.25, 0.3) is 0 Å². The number of benzene rings is 1. The van der Waals surface area contributed by atoms with Gasteiger partial charge in [0.2, 0.25) is 0 Å². The molecule has 1 aromatic carbocycles. The normalized spacial score (nSPS) is 32.3. The summed E-state index contributed by atoms with van der Waals surface area (Å²) >= 11 is 0. The highest BCUT2D eigenvalue weighted by molar-refractivity contribution is 5.39. The van der Waals surface area contributed by atoms with E-state index >= 15 is 0 Å². The fourth-order valence-corrected chi connectivity index (χ4v) is 3.95. The summed E-state index contributed by atoms with van der Waals surface area (Å²) in [6.45, 7) is 2.73. The fourth-order valence-electron chi connectivity index (χ4n) is 3.95. The second-order valence-corrected chi connectivity index (χ2v) is 5.90. The van der Waals surface area contributed by atoms with E-state index in [0.29, 0.717) is 24.3 Å². The summed E-state index contributed by atoms with van der Waals surface area (Å²) in [7, 11) is 0. The van der Waals surface area contributed by atoms with Gasteiger partial charge in [-0.15, -0.1) is 0 Å². The van der Waals surface area contributed by atoms with E-state index in [9.17, 15) is 5.11 Å². The first-order valence-electron chi connectivity index (χ1n) is 7.23. The number of fused-ring (bicyclic) bond motifs is 3. The van der Waals surface area contributed by atoms with Crippen LogP contribution in [0.4, 0.5) is 0 Å². The summed E-state index contributed by atoms with van der Waals surface area (Å²) in [6.07, 6.45) is 3.20. The standard InChI is InChI=1S/C16H23NO/c1-2-10(9-17)16(18)15-13-8-7-11-5-3-4-6-12(11)14(13)15/h3-6,10,13-16,18H,2,7-9,17H2,1H3. The van der Waals surface area contributed by atoms with Gasteiger partial charge >= 0.3 is 0 Å². The molecule has 2 aliphatic carbocycles. The van der Waals surface area contributed by atoms with E-state index in [1.807, 2.05) is 0 Å². The van der Waals surface area contributed by atoms with E-state index in [1.54, 1.807) is 0 Å². The Bertz CT molecular complexity index is 427. The van der Waals surface area contributed by atoms with Crippen molar-refractivity contribution in [3.8, 4) is 0 Å². The highest BCUT2D eigenvalue weighted by Gasteiger charge is 2.56. The molecule has 2 aliphatic rings. The van der Waals surface area contributed by atoms with Gasteiger partial charge in [-0.05, 0) is 60.6 Å². The van der Waals surface area contributed by atoms with Gasteiger partial charge < -0.3 is 10.8 Å². The zero-order chi connectivity index (χ0) is 12.7. The Hall–Kier alpha value is -0.860. The summed E-state index contributed by atoms with van der Waals surface area (Å²) in [5.41, 5.74) is 8.76. The van der Waals surface area contributed by atoms with Crippen LogP contribution in [-0.2, 0) is 6.42 Å². The van der Waals surface area contributed by atoms with Crippen molar-refractivity contribution in [1.82, 2.24) is 0 Å². The van der Waals surface area contributed by atoms with Crippen LogP contribution in [0.3, 0.4) is 0 Å². The molecule has 0 saturated heterocycles. The fraction of sp³-hybridized carbons (Fsp3) is 0.625. The van der Waals surface area contributed by atoms with Crippen LogP contribution >= 0.6 is 0 Å². The highest BCUT2D eigenvalue weighted by Crippen LogP contribution is 2.62. The van der Waals surface area contributed by atoms with Crippen molar-refractivity contribution in [1.29, 1.82) is 0 Å². The van der Waals surface area contributed by atoms with E-state index in [0.717, 1.165) is 6.42 Å². The van der Waals surface area contributed by atoms with Crippen LogP contribution < -0.4 is 5.73 Å². The second-order valence-electron chi connectivity index (χ2n) is 5.90. The molecule has 2 heteroatoms. The van der Waals surface area contributed by atoms with Gasteiger partial charge in [-0.25, -0.2) is 0 Å². The van der Waals surface area contributed by atoms with E-state index in [1.165, 1.54) is 24.0 Å². The molecule has 3 rings (SSSR count). The number of hydrogen-bond acceptors (Lipinski definition) is 2. The predicted molar refractivity (Wildman–Crippen MR) is 73.3 cm³/mol. The van der Waals surface area contributed by atoms with E-state index < -0.39 is 0 Å². The lowest BCUT2D eigenvalue weighted by Crippen LogP contribution is -2.29. The minimum absolute atomic E-state index is 0.207. The van der Waals surface area contributed by atoms with E-state index in [2.05, 4.69) is 31.2 Å². The number of aliphatic hydroxyl groups excluding tert-OH is 1. The maximum atomic E-state index is 10.5. The number of nitrogens with two attached hydrogens (primary N) is 1. The molecule has 1 aromatic rings. The molecule has 5 unspecified atom stereocenters. The van der Waals surface area contributed by atoms with Crippen LogP contribution in [-0.4, -0.2) is 17.8 Å². The van der Waals surface area contributed by atoms with Crippen molar-refractivity contribution in [2.75, 3.05) is 6.54 Å². The third-order valence-corrected chi connectivity index (χ3v) is 5.10. The van der Waals surface area contributed by atoms with Crippen molar-refractivity contribution in [3.63, 3.8) is 0 Å². The van der Waals surface area contributed by atoms with E-state index in [-0.39, 0.29) is 12.0 Å². The molecule has 0 radical (unpaired) electrons. The van der Waals surface area contributed by atoms with Crippen LogP contribution in [0.2, 0.25) is 0 Å². The number of aliphatic hydroxyl groups is 1. The van der Waals surface area contributed by atoms with Crippen LogP contribution in [0, 0.1) is 17.8 Å². The molecular formula is C16H23NO. The van der Waals surface area contributed by atoms with Crippen LogP contribution in [0.25, 0.3) is 0 Å². The molecule has 98 valence electrons. The maximum absolute atomic E-state index is 10.5. The van der Waals surface area contributed by atoms with E-state index in [4.69, 9.17) is 5.73 Å². The predicted octanol–water partition coefficient (Wildman–Crippen LogP) is 2.31. The Balaban J connectivity index is 1.80. The Morgan fingerprint density at radius 3 is 2.89 bits per heavy atom. The van der Waals surface area contributed by atoms with Gasteiger partial charge in [0.15, 0.2) is 0 Å². The largest absolute Gasteiger partial charge is 0.392 e. The average Bonchev–Trinajstić information content (AvgIpc) is 3.14. The molecule has 0 aromatic heterocycles. The summed E-state index contributed by atoms with van der Waals surface area (Å²) < 4.78 is 0. The Labute approximate surface area is 109 Å². The van der Waals surface area contributed by atoms with Gasteiger partial charge in [-0.2, -0.15) is 0 Å². The Morgan fingerprint density at radius 1 is 1.39 bits per heavy atom. The third-order valence-electron chi connectivity index (χ3n) is 5.10. The molecular weight excluding hydrogens is 222 g/mol. The lowest BCUT2D eigenvalue weighted by Gasteiger charge is -2.20. The first kappa shape index (κ1) is 12.2. The van der Waals surface area contributed by atoms with Crippen LogP contribution in [0.5, 0.6) is 0 Å². The van der Waals surface area contributed by atoms with Crippen molar-refractivity contribution < 1.29 is 5.11 Å². The molecule has 1 fully saturated rings. The molecule has 5 atom stereocenters. The Morgan fingerprint density at radius 2 is 2.17 bits per heavy atom. The minimum atomic E-state index is -0.207. The summed E-state index contributed by atoms with van der Waals surface area (Å²) in [5.74, 6) is 2.04. The van der Waals surface area contributed by atoms with Crippen molar-refractivity contribution in [2.24, 2.45) is 23.5 Å². The zero-order valence-electron chi connectivity index (χ0n) is 11.0. The first-order valence-corrected chi connectivity index (χ1v) is 7.23.